The average molecular weight is 1510 g/mol. The second-order valence-corrected chi connectivity index (χ2v) is 31.2. The third kappa shape index (κ3) is 25.0. The lowest BCUT2D eigenvalue weighted by atomic mass is 10.1. The van der Waals surface area contributed by atoms with Crippen LogP contribution in [0.4, 0.5) is 91.0 Å². The molecular weight excluding hydrogens is 1370 g/mol. The molecule has 0 fully saturated rings. The quantitative estimate of drug-likeness (QED) is 0.0275. The number of hydrogen-bond acceptors (Lipinski definition) is 8. The van der Waals surface area contributed by atoms with E-state index in [0.29, 0.717) is 0 Å². The predicted octanol–water partition coefficient (Wildman–Crippen LogP) is 28.4. The molecule has 1 aliphatic rings. The normalized spacial score (nSPS) is 11.9. The molecule has 0 aliphatic heterocycles. The van der Waals surface area contributed by atoms with Crippen LogP contribution in [0.15, 0.2) is 218 Å². The first-order valence-electron chi connectivity index (χ1n) is 44.7. The maximum Gasteiger partial charge on any atom is 0.212 e. The van der Waals surface area contributed by atoms with Crippen molar-refractivity contribution in [2.24, 2.45) is 0 Å². The molecular formula is C102H144N10+2. The third-order valence-corrected chi connectivity index (χ3v) is 22.3. The average Bonchev–Trinajstić information content (AvgIpc) is 0.788. The Labute approximate surface area is 680 Å². The molecule has 8 aromatic carbocycles. The molecule has 9 rings (SSSR count). The summed E-state index contributed by atoms with van der Waals surface area (Å²) < 4.78 is 4.92. The molecule has 0 unspecified atom stereocenters. The summed E-state index contributed by atoms with van der Waals surface area (Å²) in [5, 5.41) is 0. The minimum absolute atomic E-state index is 1.07. The maximum atomic E-state index is 2.60. The largest absolute Gasteiger partial charge is 0.372 e. The molecule has 0 bridgehead atoms. The molecule has 0 radical (unpaired) electrons. The van der Waals surface area contributed by atoms with Crippen LogP contribution in [-0.4, -0.2) is 90.0 Å². The molecule has 0 amide bonds. The first-order valence-corrected chi connectivity index (χ1v) is 44.7. The Morgan fingerprint density at radius 2 is 0.277 bits per heavy atom. The number of unbranched alkanes of at least 4 members (excludes halogenated alkanes) is 12. The zero-order valence-corrected chi connectivity index (χ0v) is 71.7. The lowest BCUT2D eigenvalue weighted by Crippen LogP contribution is -2.26. The van der Waals surface area contributed by atoms with E-state index >= 15 is 0 Å². The van der Waals surface area contributed by atoms with Gasteiger partial charge in [-0.05, 0) is 223 Å². The highest BCUT2D eigenvalue weighted by Gasteiger charge is 2.28. The van der Waals surface area contributed by atoms with Gasteiger partial charge in [0, 0.05) is 220 Å². The standard InChI is InChI=1S/C102H144N10/c1-13-25-73-103(74-26-14-2)85-37-49-91(50-38-85)109(92-51-39-86(40-52-92)104(75-27-15-3)76-28-16-4)97-61-67-100(68-62-97)112(101-69-63-98(64-70-101)110(93-53-41-87(42-54-93)105(77-29-17-5)78-30-18-6)94-55-43-88(44-56-94)106(79-31-19-7)80-32-20-8)102-71-65-99(66-72-102)111(95-57-45-89(46-58-95)107(81-33-21-9)82-34-22-10)96-59-47-90(48-60-96)108(83-35-23-11)84-36-24-12/h37-72H,13-36,73-84H2,1-12H3/q+2. The van der Waals surface area contributed by atoms with E-state index in [1.54, 1.807) is 0 Å². The number of allylic oxidation sites excluding steroid dienone is 4. The Kier molecular flexibility index (Phi) is 37.4. The van der Waals surface area contributed by atoms with Gasteiger partial charge in [-0.3, -0.25) is 0 Å². The highest BCUT2D eigenvalue weighted by Crippen LogP contribution is 2.41. The van der Waals surface area contributed by atoms with Crippen molar-refractivity contribution in [1.29, 1.82) is 0 Å². The van der Waals surface area contributed by atoms with Gasteiger partial charge in [0.2, 0.25) is 34.2 Å². The molecule has 0 heterocycles. The zero-order chi connectivity index (χ0) is 79.1. The Hall–Kier alpha value is -9.02. The zero-order valence-electron chi connectivity index (χ0n) is 71.7. The van der Waals surface area contributed by atoms with Crippen molar-refractivity contribution in [3.63, 3.8) is 0 Å². The van der Waals surface area contributed by atoms with Crippen molar-refractivity contribution < 1.29 is 0 Å². The van der Waals surface area contributed by atoms with Gasteiger partial charge >= 0.3 is 0 Å². The summed E-state index contributed by atoms with van der Waals surface area (Å²) >= 11 is 0. The van der Waals surface area contributed by atoms with E-state index in [4.69, 9.17) is 0 Å². The Morgan fingerprint density at radius 3 is 0.411 bits per heavy atom. The van der Waals surface area contributed by atoms with E-state index in [2.05, 4.69) is 350 Å². The van der Waals surface area contributed by atoms with Gasteiger partial charge in [0.15, 0.2) is 0 Å². The van der Waals surface area contributed by atoms with Crippen molar-refractivity contribution in [3.8, 4) is 0 Å². The SMILES string of the molecule is CCCCN(CCCC)c1ccc(N(c2ccc(N(CCCC)CCCC)cc2)c2ccc([N+](=C3C=CC(=[N+](c4ccc(N(CCCC)CCCC)cc4)c4ccc(N(CCCC)CCCC)cc4)C=C3)c3ccc(N(c4ccc(N(CCCC)CCCC)cc4)c4ccc(N(CCCC)CCCC)cc4)cc3)cc2)cc1. The van der Waals surface area contributed by atoms with Crippen LogP contribution in [0.5, 0.6) is 0 Å². The number of nitrogens with zero attached hydrogens (tertiary/aromatic N) is 10. The lowest BCUT2D eigenvalue weighted by Gasteiger charge is -2.29. The van der Waals surface area contributed by atoms with Crippen LogP contribution in [0.2, 0.25) is 0 Å². The highest BCUT2D eigenvalue weighted by molar-refractivity contribution is 6.21. The van der Waals surface area contributed by atoms with E-state index in [1.807, 2.05) is 0 Å². The van der Waals surface area contributed by atoms with Gasteiger partial charge in [-0.2, -0.15) is 9.15 Å². The predicted molar refractivity (Wildman–Crippen MR) is 499 cm³/mol. The second-order valence-electron chi connectivity index (χ2n) is 31.2. The second kappa shape index (κ2) is 48.1. The summed E-state index contributed by atoms with van der Waals surface area (Å²) in [4.78, 5) is 20.5. The molecule has 0 saturated heterocycles. The van der Waals surface area contributed by atoms with E-state index in [9.17, 15) is 0 Å². The van der Waals surface area contributed by atoms with Crippen LogP contribution in [0.25, 0.3) is 0 Å². The molecule has 112 heavy (non-hydrogen) atoms. The Balaban J connectivity index is 1.22. The lowest BCUT2D eigenvalue weighted by molar-refractivity contribution is 0.678. The third-order valence-electron chi connectivity index (χ3n) is 22.3. The molecule has 0 spiro atoms. The Morgan fingerprint density at radius 1 is 0.161 bits per heavy atom. The first kappa shape index (κ1) is 87.0. The molecule has 600 valence electrons. The number of rotatable bonds is 52. The van der Waals surface area contributed by atoms with E-state index in [-0.39, 0.29) is 0 Å². The van der Waals surface area contributed by atoms with Gasteiger partial charge in [-0.15, -0.1) is 0 Å². The van der Waals surface area contributed by atoms with Crippen LogP contribution in [0.3, 0.4) is 0 Å². The van der Waals surface area contributed by atoms with Crippen molar-refractivity contribution in [2.75, 3.05) is 118 Å². The summed E-state index contributed by atoms with van der Waals surface area (Å²) in [6.45, 7) is 40.5. The smallest absolute Gasteiger partial charge is 0.212 e. The van der Waals surface area contributed by atoms with Gasteiger partial charge in [-0.25, -0.2) is 0 Å². The fraction of sp³-hybridized carbons (Fsp3) is 0.471. The minimum Gasteiger partial charge on any atom is -0.372 e. The molecule has 1 aliphatic carbocycles. The number of anilines is 12. The Bertz CT molecular complexity index is 3610. The van der Waals surface area contributed by atoms with Crippen LogP contribution in [-0.2, 0) is 0 Å². The maximum absolute atomic E-state index is 2.60. The van der Waals surface area contributed by atoms with Gasteiger partial charge in [0.05, 0.1) is 0 Å². The molecule has 0 atom stereocenters. The number of hydrogen-bond donors (Lipinski definition) is 0. The van der Waals surface area contributed by atoms with Gasteiger partial charge in [-0.1, -0.05) is 160 Å². The van der Waals surface area contributed by atoms with Gasteiger partial charge < -0.3 is 39.2 Å². The first-order chi connectivity index (χ1) is 55.1. The fourth-order valence-corrected chi connectivity index (χ4v) is 15.3. The van der Waals surface area contributed by atoms with Crippen LogP contribution >= 0.6 is 0 Å². The number of benzene rings is 8. The highest BCUT2D eigenvalue weighted by atomic mass is 15.2. The van der Waals surface area contributed by atoms with E-state index in [0.717, 1.165) is 147 Å². The van der Waals surface area contributed by atoms with Gasteiger partial charge in [0.25, 0.3) is 0 Å². The summed E-state index contributed by atoms with van der Waals surface area (Å²) in [5.74, 6) is 0. The summed E-state index contributed by atoms with van der Waals surface area (Å²) in [5.41, 5.74) is 21.1. The van der Waals surface area contributed by atoms with Crippen molar-refractivity contribution >= 4 is 102 Å². The van der Waals surface area contributed by atoms with E-state index < -0.39 is 0 Å². The van der Waals surface area contributed by atoms with Crippen molar-refractivity contribution in [3.05, 3.63) is 218 Å². The van der Waals surface area contributed by atoms with Crippen molar-refractivity contribution in [1.82, 2.24) is 9.15 Å². The monoisotopic (exact) mass is 1510 g/mol. The van der Waals surface area contributed by atoms with Gasteiger partial charge in [0.1, 0.15) is 0 Å². The molecule has 0 N–H and O–H groups in total. The summed E-state index contributed by atoms with van der Waals surface area (Å²) in [6.07, 6.45) is 37.7. The summed E-state index contributed by atoms with van der Waals surface area (Å²) in [7, 11) is 0. The van der Waals surface area contributed by atoms with Crippen molar-refractivity contribution in [2.45, 2.75) is 237 Å². The molecule has 8 aromatic rings. The molecule has 0 saturated carbocycles. The fourth-order valence-electron chi connectivity index (χ4n) is 15.3. The van der Waals surface area contributed by atoms with Crippen LogP contribution in [0, 0.1) is 0 Å². The van der Waals surface area contributed by atoms with E-state index in [1.165, 1.54) is 188 Å². The van der Waals surface area contributed by atoms with Crippen LogP contribution < -0.4 is 48.4 Å². The molecule has 10 heteroatoms. The topological polar surface area (TPSA) is 31.9 Å². The molecule has 0 aromatic heterocycles. The van der Waals surface area contributed by atoms with Crippen LogP contribution in [0.1, 0.15) is 237 Å². The summed E-state index contributed by atoms with van der Waals surface area (Å²) in [6, 6.07) is 75.3. The molecule has 10 nitrogen and oxygen atoms in total. The minimum atomic E-state index is 1.07.